The number of hydrogen-bond donors (Lipinski definition) is 1. The molecule has 0 aliphatic heterocycles. The number of methoxy groups -OCH3 is 1. The van der Waals surface area contributed by atoms with Gasteiger partial charge in [-0.2, -0.15) is 5.10 Å². The van der Waals surface area contributed by atoms with Crippen LogP contribution in [0.5, 0.6) is 0 Å². The lowest BCUT2D eigenvalue weighted by molar-refractivity contribution is -0.120. The summed E-state index contributed by atoms with van der Waals surface area (Å²) in [5.41, 5.74) is 6.87. The van der Waals surface area contributed by atoms with Crippen molar-refractivity contribution in [1.82, 2.24) is 9.78 Å². The van der Waals surface area contributed by atoms with Gasteiger partial charge < -0.3 is 10.5 Å². The molecule has 1 rings (SSSR count). The molecule has 0 saturated heterocycles. The molecule has 96 valence electrons. The zero-order valence-corrected chi connectivity index (χ0v) is 10.6. The molecule has 0 fully saturated rings. The third kappa shape index (κ3) is 4.66. The Balaban J connectivity index is 2.27. The highest BCUT2D eigenvalue weighted by Crippen LogP contribution is 2.05. The van der Waals surface area contributed by atoms with Gasteiger partial charge in [-0.25, -0.2) is 0 Å². The van der Waals surface area contributed by atoms with Gasteiger partial charge in [0.1, 0.15) is 5.78 Å². The van der Waals surface area contributed by atoms with E-state index in [2.05, 4.69) is 5.10 Å². The lowest BCUT2D eigenvalue weighted by Crippen LogP contribution is -2.31. The van der Waals surface area contributed by atoms with Crippen molar-refractivity contribution in [2.45, 2.75) is 31.7 Å². The largest absolute Gasteiger partial charge is 0.385 e. The Bertz CT molecular complexity index is 349. The standard InChI is InChI=1S/C12H21N3O2/c1-15-10(7-8-14-15)5-6-12(16)11(13)4-3-9-17-2/h7-8,11H,3-6,9,13H2,1-2H3. The average Bonchev–Trinajstić information content (AvgIpc) is 2.72. The summed E-state index contributed by atoms with van der Waals surface area (Å²) in [5, 5.41) is 4.06. The van der Waals surface area contributed by atoms with Crippen molar-refractivity contribution in [3.8, 4) is 0 Å². The molecule has 1 atom stereocenters. The van der Waals surface area contributed by atoms with E-state index in [1.165, 1.54) is 0 Å². The molecule has 0 radical (unpaired) electrons. The van der Waals surface area contributed by atoms with E-state index >= 15 is 0 Å². The van der Waals surface area contributed by atoms with Gasteiger partial charge in [0, 0.05) is 39.1 Å². The molecule has 0 spiro atoms. The maximum Gasteiger partial charge on any atom is 0.149 e. The third-order valence-corrected chi connectivity index (χ3v) is 2.83. The van der Waals surface area contributed by atoms with Crippen LogP contribution in [0.25, 0.3) is 0 Å². The number of Topliss-reactive ketones (excluding diaryl/α,β-unsaturated/α-hetero) is 1. The van der Waals surface area contributed by atoms with Crippen molar-refractivity contribution in [2.24, 2.45) is 12.8 Å². The molecule has 0 aromatic carbocycles. The first kappa shape index (κ1) is 13.9. The summed E-state index contributed by atoms with van der Waals surface area (Å²) in [5.74, 6) is 0.113. The zero-order chi connectivity index (χ0) is 12.7. The molecular formula is C12H21N3O2. The van der Waals surface area contributed by atoms with E-state index in [4.69, 9.17) is 10.5 Å². The fourth-order valence-corrected chi connectivity index (χ4v) is 1.69. The van der Waals surface area contributed by atoms with E-state index in [1.54, 1.807) is 18.0 Å². The third-order valence-electron chi connectivity index (χ3n) is 2.83. The topological polar surface area (TPSA) is 70.1 Å². The van der Waals surface area contributed by atoms with E-state index in [0.717, 1.165) is 12.1 Å². The summed E-state index contributed by atoms with van der Waals surface area (Å²) in [7, 11) is 3.52. The number of aryl methyl sites for hydroxylation is 2. The number of nitrogens with two attached hydrogens (primary N) is 1. The predicted octanol–water partition coefficient (Wildman–Crippen LogP) is 0.676. The van der Waals surface area contributed by atoms with Crippen LogP contribution >= 0.6 is 0 Å². The van der Waals surface area contributed by atoms with Gasteiger partial charge in [-0.05, 0) is 25.3 Å². The maximum absolute atomic E-state index is 11.7. The van der Waals surface area contributed by atoms with Gasteiger partial charge in [-0.15, -0.1) is 0 Å². The predicted molar refractivity (Wildman–Crippen MR) is 65.6 cm³/mol. The van der Waals surface area contributed by atoms with E-state index < -0.39 is 0 Å². The van der Waals surface area contributed by atoms with Crippen molar-refractivity contribution in [1.29, 1.82) is 0 Å². The van der Waals surface area contributed by atoms with Gasteiger partial charge in [-0.3, -0.25) is 9.48 Å². The summed E-state index contributed by atoms with van der Waals surface area (Å²) in [6.07, 6.45) is 4.44. The Labute approximate surface area is 102 Å². The highest BCUT2D eigenvalue weighted by molar-refractivity contribution is 5.83. The number of aromatic nitrogens is 2. The van der Waals surface area contributed by atoms with Crippen molar-refractivity contribution < 1.29 is 9.53 Å². The summed E-state index contributed by atoms with van der Waals surface area (Å²) >= 11 is 0. The van der Waals surface area contributed by atoms with Crippen LogP contribution in [0, 0.1) is 0 Å². The molecule has 0 amide bonds. The first-order chi connectivity index (χ1) is 8.15. The number of ether oxygens (including phenoxy) is 1. The summed E-state index contributed by atoms with van der Waals surface area (Å²) < 4.78 is 6.71. The molecule has 1 heterocycles. The number of ketones is 1. The van der Waals surface area contributed by atoms with Crippen LogP contribution in [0.2, 0.25) is 0 Å². The van der Waals surface area contributed by atoms with Crippen LogP contribution in [-0.2, 0) is 23.0 Å². The molecule has 0 bridgehead atoms. The SMILES string of the molecule is COCCCC(N)C(=O)CCc1ccnn1C. The molecule has 1 aromatic heterocycles. The molecule has 1 unspecified atom stereocenters. The highest BCUT2D eigenvalue weighted by Gasteiger charge is 2.13. The lowest BCUT2D eigenvalue weighted by atomic mass is 10.0. The quantitative estimate of drug-likeness (QED) is 0.677. The fourth-order valence-electron chi connectivity index (χ4n) is 1.69. The molecule has 0 aliphatic carbocycles. The van der Waals surface area contributed by atoms with Gasteiger partial charge in [0.2, 0.25) is 0 Å². The Hall–Kier alpha value is -1.20. The van der Waals surface area contributed by atoms with Crippen LogP contribution in [0.3, 0.4) is 0 Å². The maximum atomic E-state index is 11.7. The molecule has 1 aromatic rings. The van der Waals surface area contributed by atoms with Crippen LogP contribution in [-0.4, -0.2) is 35.3 Å². The second-order valence-electron chi connectivity index (χ2n) is 4.15. The van der Waals surface area contributed by atoms with E-state index in [9.17, 15) is 4.79 Å². The van der Waals surface area contributed by atoms with Crippen molar-refractivity contribution in [3.63, 3.8) is 0 Å². The lowest BCUT2D eigenvalue weighted by Gasteiger charge is -2.10. The van der Waals surface area contributed by atoms with Crippen molar-refractivity contribution >= 4 is 5.78 Å². The van der Waals surface area contributed by atoms with Crippen LogP contribution in [0.4, 0.5) is 0 Å². The minimum absolute atomic E-state index is 0.113. The second-order valence-corrected chi connectivity index (χ2v) is 4.15. The van der Waals surface area contributed by atoms with E-state index in [-0.39, 0.29) is 11.8 Å². The Kier molecular flexibility index (Phi) is 5.86. The monoisotopic (exact) mass is 239 g/mol. The number of carbonyl (C=O) groups is 1. The summed E-state index contributed by atoms with van der Waals surface area (Å²) in [6.45, 7) is 0.655. The first-order valence-electron chi connectivity index (χ1n) is 5.89. The normalized spacial score (nSPS) is 12.6. The van der Waals surface area contributed by atoms with E-state index in [0.29, 0.717) is 25.9 Å². The fraction of sp³-hybridized carbons (Fsp3) is 0.667. The highest BCUT2D eigenvalue weighted by atomic mass is 16.5. The van der Waals surface area contributed by atoms with E-state index in [1.807, 2.05) is 13.1 Å². The molecule has 17 heavy (non-hydrogen) atoms. The molecule has 5 heteroatoms. The minimum Gasteiger partial charge on any atom is -0.385 e. The zero-order valence-electron chi connectivity index (χ0n) is 10.6. The molecule has 5 nitrogen and oxygen atoms in total. The minimum atomic E-state index is -0.363. The number of nitrogens with zero attached hydrogens (tertiary/aromatic N) is 2. The smallest absolute Gasteiger partial charge is 0.149 e. The van der Waals surface area contributed by atoms with Crippen LogP contribution < -0.4 is 5.73 Å². The Morgan fingerprint density at radius 3 is 3.00 bits per heavy atom. The molecule has 0 saturated carbocycles. The van der Waals surface area contributed by atoms with Gasteiger partial charge in [0.15, 0.2) is 0 Å². The van der Waals surface area contributed by atoms with Gasteiger partial charge >= 0.3 is 0 Å². The second kappa shape index (κ2) is 7.19. The van der Waals surface area contributed by atoms with Crippen molar-refractivity contribution in [2.75, 3.05) is 13.7 Å². The number of hydrogen-bond acceptors (Lipinski definition) is 4. The summed E-state index contributed by atoms with van der Waals surface area (Å²) in [6, 6.07) is 1.56. The summed E-state index contributed by atoms with van der Waals surface area (Å²) in [4.78, 5) is 11.7. The average molecular weight is 239 g/mol. The molecular weight excluding hydrogens is 218 g/mol. The Morgan fingerprint density at radius 1 is 1.65 bits per heavy atom. The number of rotatable bonds is 8. The van der Waals surface area contributed by atoms with Crippen LogP contribution in [0.1, 0.15) is 25.0 Å². The van der Waals surface area contributed by atoms with Gasteiger partial charge in [-0.1, -0.05) is 0 Å². The molecule has 2 N–H and O–H groups in total. The molecule has 0 aliphatic rings. The van der Waals surface area contributed by atoms with Crippen molar-refractivity contribution in [3.05, 3.63) is 18.0 Å². The van der Waals surface area contributed by atoms with Gasteiger partial charge in [0.05, 0.1) is 6.04 Å². The first-order valence-corrected chi connectivity index (χ1v) is 5.89. The number of carbonyl (C=O) groups excluding carboxylic acids is 1. The Morgan fingerprint density at radius 2 is 2.41 bits per heavy atom. The van der Waals surface area contributed by atoms with Gasteiger partial charge in [0.25, 0.3) is 0 Å². The van der Waals surface area contributed by atoms with Crippen LogP contribution in [0.15, 0.2) is 12.3 Å².